The van der Waals surface area contributed by atoms with Crippen LogP contribution in [0.15, 0.2) is 66.9 Å². The van der Waals surface area contributed by atoms with E-state index in [1.807, 2.05) is 42.5 Å². The van der Waals surface area contributed by atoms with Gasteiger partial charge in [-0.05, 0) is 54.1 Å². The molecule has 26 heavy (non-hydrogen) atoms. The van der Waals surface area contributed by atoms with Crippen LogP contribution in [-0.4, -0.2) is 18.0 Å². The van der Waals surface area contributed by atoms with Gasteiger partial charge in [-0.25, -0.2) is 4.98 Å². The van der Waals surface area contributed by atoms with Crippen LogP contribution in [0.2, 0.25) is 5.02 Å². The Morgan fingerprint density at radius 1 is 1.00 bits per heavy atom. The number of carbonyl (C=O) groups excluding carboxylic acids is 1. The molecule has 2 N–H and O–H groups in total. The third-order valence-corrected chi connectivity index (χ3v) is 3.99. The summed E-state index contributed by atoms with van der Waals surface area (Å²) in [5.74, 6) is 0.567. The lowest BCUT2D eigenvalue weighted by Crippen LogP contribution is -2.23. The van der Waals surface area contributed by atoms with E-state index >= 15 is 0 Å². The zero-order chi connectivity index (χ0) is 18.4. The van der Waals surface area contributed by atoms with Gasteiger partial charge in [-0.1, -0.05) is 23.7 Å². The van der Waals surface area contributed by atoms with Crippen molar-refractivity contribution in [1.29, 1.82) is 0 Å². The Kier molecular flexibility index (Phi) is 5.71. The second kappa shape index (κ2) is 8.36. The predicted molar refractivity (Wildman–Crippen MR) is 103 cm³/mol. The quantitative estimate of drug-likeness (QED) is 0.677. The van der Waals surface area contributed by atoms with E-state index in [0.29, 0.717) is 17.3 Å². The molecule has 6 heteroatoms. The molecule has 0 fully saturated rings. The largest absolute Gasteiger partial charge is 0.497 e. The van der Waals surface area contributed by atoms with Gasteiger partial charge in [-0.3, -0.25) is 4.79 Å². The first-order valence-corrected chi connectivity index (χ1v) is 8.41. The molecular formula is C20H18ClN3O2. The number of halogens is 1. The van der Waals surface area contributed by atoms with Crippen LogP contribution >= 0.6 is 11.6 Å². The van der Waals surface area contributed by atoms with Crippen molar-refractivity contribution in [2.75, 3.05) is 12.4 Å². The van der Waals surface area contributed by atoms with E-state index in [9.17, 15) is 4.79 Å². The standard InChI is InChI=1S/C20H18ClN3O2/c1-26-18-9-6-16(7-10-18)24-17-8-11-19(22-13-17)20(25)23-12-14-2-4-15(21)5-3-14/h2-11,13,24H,12H2,1H3,(H,23,25). The smallest absolute Gasteiger partial charge is 0.270 e. The second-order valence-corrected chi connectivity index (χ2v) is 6.03. The number of amides is 1. The number of rotatable bonds is 6. The van der Waals surface area contributed by atoms with E-state index in [1.165, 1.54) is 0 Å². The summed E-state index contributed by atoms with van der Waals surface area (Å²) in [6, 6.07) is 18.4. The van der Waals surface area contributed by atoms with Crippen LogP contribution in [0.5, 0.6) is 5.75 Å². The van der Waals surface area contributed by atoms with Crippen molar-refractivity contribution >= 4 is 28.9 Å². The molecule has 0 bridgehead atoms. The number of methoxy groups -OCH3 is 1. The minimum Gasteiger partial charge on any atom is -0.497 e. The highest BCUT2D eigenvalue weighted by molar-refractivity contribution is 6.30. The minimum atomic E-state index is -0.226. The fraction of sp³-hybridized carbons (Fsp3) is 0.100. The van der Waals surface area contributed by atoms with Gasteiger partial charge in [-0.2, -0.15) is 0 Å². The van der Waals surface area contributed by atoms with Crippen LogP contribution in [-0.2, 0) is 6.54 Å². The van der Waals surface area contributed by atoms with Gasteiger partial charge in [0.1, 0.15) is 11.4 Å². The summed E-state index contributed by atoms with van der Waals surface area (Å²) in [7, 11) is 1.63. The Labute approximate surface area is 157 Å². The molecule has 0 unspecified atom stereocenters. The maximum Gasteiger partial charge on any atom is 0.270 e. The molecule has 0 aliphatic heterocycles. The third kappa shape index (κ3) is 4.74. The summed E-state index contributed by atoms with van der Waals surface area (Å²) < 4.78 is 5.13. The van der Waals surface area contributed by atoms with Crippen LogP contribution in [0.3, 0.4) is 0 Å². The number of nitrogens with one attached hydrogen (secondary N) is 2. The molecule has 0 saturated heterocycles. The number of pyridine rings is 1. The van der Waals surface area contributed by atoms with Crippen molar-refractivity contribution in [2.24, 2.45) is 0 Å². The van der Waals surface area contributed by atoms with Gasteiger partial charge in [0.15, 0.2) is 0 Å². The molecule has 0 aliphatic rings. The van der Waals surface area contributed by atoms with E-state index in [2.05, 4.69) is 15.6 Å². The first-order valence-electron chi connectivity index (χ1n) is 8.04. The molecule has 132 valence electrons. The summed E-state index contributed by atoms with van der Waals surface area (Å²) in [6.07, 6.45) is 1.63. The summed E-state index contributed by atoms with van der Waals surface area (Å²) in [5, 5.41) is 6.73. The number of benzene rings is 2. The monoisotopic (exact) mass is 367 g/mol. The number of hydrogen-bond acceptors (Lipinski definition) is 4. The summed E-state index contributed by atoms with van der Waals surface area (Å²) in [4.78, 5) is 16.4. The van der Waals surface area contributed by atoms with Crippen molar-refractivity contribution in [2.45, 2.75) is 6.54 Å². The molecule has 0 spiro atoms. The average molecular weight is 368 g/mol. The maximum absolute atomic E-state index is 12.2. The van der Waals surface area contributed by atoms with Crippen molar-refractivity contribution in [1.82, 2.24) is 10.3 Å². The van der Waals surface area contributed by atoms with Crippen LogP contribution in [0.4, 0.5) is 11.4 Å². The van der Waals surface area contributed by atoms with Crippen molar-refractivity contribution in [3.05, 3.63) is 83.1 Å². The minimum absolute atomic E-state index is 0.226. The molecule has 3 rings (SSSR count). The normalized spacial score (nSPS) is 10.2. The highest BCUT2D eigenvalue weighted by Gasteiger charge is 2.07. The zero-order valence-electron chi connectivity index (χ0n) is 14.2. The number of aromatic nitrogens is 1. The fourth-order valence-electron chi connectivity index (χ4n) is 2.32. The first kappa shape index (κ1) is 17.8. The molecule has 0 saturated carbocycles. The van der Waals surface area contributed by atoms with Crippen LogP contribution in [0, 0.1) is 0 Å². The Morgan fingerprint density at radius 2 is 1.69 bits per heavy atom. The van der Waals surface area contributed by atoms with Crippen LogP contribution in [0.25, 0.3) is 0 Å². The Morgan fingerprint density at radius 3 is 2.31 bits per heavy atom. The van der Waals surface area contributed by atoms with E-state index in [0.717, 1.165) is 22.7 Å². The number of hydrogen-bond donors (Lipinski definition) is 2. The van der Waals surface area contributed by atoms with Gasteiger partial charge in [-0.15, -0.1) is 0 Å². The van der Waals surface area contributed by atoms with Gasteiger partial charge >= 0.3 is 0 Å². The lowest BCUT2D eigenvalue weighted by molar-refractivity contribution is 0.0946. The van der Waals surface area contributed by atoms with Crippen molar-refractivity contribution in [3.63, 3.8) is 0 Å². The molecule has 1 amide bonds. The lowest BCUT2D eigenvalue weighted by Gasteiger charge is -2.08. The fourth-order valence-corrected chi connectivity index (χ4v) is 2.44. The Hall–Kier alpha value is -3.05. The van der Waals surface area contributed by atoms with E-state index < -0.39 is 0 Å². The average Bonchev–Trinajstić information content (AvgIpc) is 2.68. The molecule has 0 atom stereocenters. The van der Waals surface area contributed by atoms with Crippen molar-refractivity contribution < 1.29 is 9.53 Å². The molecule has 0 radical (unpaired) electrons. The molecule has 3 aromatic rings. The SMILES string of the molecule is COc1ccc(Nc2ccc(C(=O)NCc3ccc(Cl)cc3)nc2)cc1. The highest BCUT2D eigenvalue weighted by atomic mass is 35.5. The van der Waals surface area contributed by atoms with E-state index in [4.69, 9.17) is 16.3 Å². The summed E-state index contributed by atoms with van der Waals surface area (Å²) in [6.45, 7) is 0.420. The predicted octanol–water partition coefficient (Wildman–Crippen LogP) is 4.42. The second-order valence-electron chi connectivity index (χ2n) is 5.59. The maximum atomic E-state index is 12.2. The van der Waals surface area contributed by atoms with E-state index in [-0.39, 0.29) is 5.91 Å². The topological polar surface area (TPSA) is 63.2 Å². The van der Waals surface area contributed by atoms with Gasteiger partial charge < -0.3 is 15.4 Å². The summed E-state index contributed by atoms with van der Waals surface area (Å²) in [5.41, 5.74) is 3.04. The van der Waals surface area contributed by atoms with E-state index in [1.54, 1.807) is 31.5 Å². The van der Waals surface area contributed by atoms with Crippen LogP contribution in [0.1, 0.15) is 16.1 Å². The number of ether oxygens (including phenoxy) is 1. The van der Waals surface area contributed by atoms with Gasteiger partial charge in [0.05, 0.1) is 19.0 Å². The molecule has 5 nitrogen and oxygen atoms in total. The Balaban J connectivity index is 1.57. The molecule has 0 aliphatic carbocycles. The molecule has 1 aromatic heterocycles. The number of anilines is 2. The third-order valence-electron chi connectivity index (χ3n) is 3.74. The molecule has 1 heterocycles. The Bertz CT molecular complexity index is 863. The van der Waals surface area contributed by atoms with Gasteiger partial charge in [0.25, 0.3) is 5.91 Å². The summed E-state index contributed by atoms with van der Waals surface area (Å²) >= 11 is 5.85. The van der Waals surface area contributed by atoms with Gasteiger partial charge in [0.2, 0.25) is 0 Å². The van der Waals surface area contributed by atoms with Crippen molar-refractivity contribution in [3.8, 4) is 5.75 Å². The highest BCUT2D eigenvalue weighted by Crippen LogP contribution is 2.19. The molecular weight excluding hydrogens is 350 g/mol. The van der Waals surface area contributed by atoms with Crippen LogP contribution < -0.4 is 15.4 Å². The van der Waals surface area contributed by atoms with Gasteiger partial charge in [0, 0.05) is 17.3 Å². The number of carbonyl (C=O) groups is 1. The lowest BCUT2D eigenvalue weighted by atomic mass is 10.2. The first-order chi connectivity index (χ1) is 12.6. The number of nitrogens with zero attached hydrogens (tertiary/aromatic N) is 1. The zero-order valence-corrected chi connectivity index (χ0v) is 15.0. The molecule has 2 aromatic carbocycles.